The number of pyridine rings is 1. The van der Waals surface area contributed by atoms with Gasteiger partial charge in [-0.15, -0.1) is 0 Å². The number of hydrogen-bond acceptors (Lipinski definition) is 4. The van der Waals surface area contributed by atoms with Gasteiger partial charge in [-0.2, -0.15) is 0 Å². The van der Waals surface area contributed by atoms with E-state index in [-0.39, 0.29) is 11.7 Å². The summed E-state index contributed by atoms with van der Waals surface area (Å²) < 4.78 is 0. The zero-order chi connectivity index (χ0) is 15.1. The predicted molar refractivity (Wildman–Crippen MR) is 79.8 cm³/mol. The predicted octanol–water partition coefficient (Wildman–Crippen LogP) is 2.37. The van der Waals surface area contributed by atoms with E-state index in [9.17, 15) is 9.59 Å². The van der Waals surface area contributed by atoms with E-state index >= 15 is 0 Å². The Morgan fingerprint density at radius 1 is 1.00 bits per heavy atom. The minimum absolute atomic E-state index is 0.197. The van der Waals surface area contributed by atoms with Crippen LogP contribution in [-0.4, -0.2) is 16.7 Å². The number of hydrazine groups is 1. The Morgan fingerprint density at radius 2 is 1.67 bits per heavy atom. The average Bonchev–Trinajstić information content (AvgIpc) is 2.52. The monoisotopic (exact) mass is 301 g/mol. The third-order valence-electron chi connectivity index (χ3n) is 2.57. The normalized spacial score (nSPS) is 10.3. The van der Waals surface area contributed by atoms with Crippen molar-refractivity contribution < 1.29 is 9.59 Å². The summed E-state index contributed by atoms with van der Waals surface area (Å²) in [4.78, 5) is 27.3. The number of carbonyl (C=O) groups is 2. The molecule has 1 heterocycles. The highest BCUT2D eigenvalue weighted by molar-refractivity contribution is 6.30. The lowest BCUT2D eigenvalue weighted by atomic mass is 10.1. The van der Waals surface area contributed by atoms with Gasteiger partial charge >= 0.3 is 0 Å². The standard InChI is InChI=1S/C15H12ClN3O2/c16-13-3-1-11(2-4-13)14(20)7-10-18-19-15(21)12-5-8-17-9-6-12/h1-10,18H,(H,19,21). The lowest BCUT2D eigenvalue weighted by Crippen LogP contribution is -2.33. The molecule has 0 aliphatic rings. The fraction of sp³-hybridized carbons (Fsp3) is 0. The second-order valence-corrected chi connectivity index (χ2v) is 4.48. The van der Waals surface area contributed by atoms with Gasteiger partial charge in [-0.1, -0.05) is 11.6 Å². The maximum atomic E-state index is 11.8. The number of nitrogens with one attached hydrogen (secondary N) is 2. The molecular weight excluding hydrogens is 290 g/mol. The summed E-state index contributed by atoms with van der Waals surface area (Å²) in [5.41, 5.74) is 5.97. The highest BCUT2D eigenvalue weighted by Crippen LogP contribution is 2.10. The van der Waals surface area contributed by atoms with Crippen LogP contribution in [0.15, 0.2) is 61.1 Å². The van der Waals surface area contributed by atoms with Crippen LogP contribution in [0.2, 0.25) is 5.02 Å². The summed E-state index contributed by atoms with van der Waals surface area (Å²) in [6.45, 7) is 0. The third kappa shape index (κ3) is 4.43. The smallest absolute Gasteiger partial charge is 0.269 e. The number of allylic oxidation sites excluding steroid dienone is 1. The molecule has 0 aliphatic heterocycles. The van der Waals surface area contributed by atoms with Crippen LogP contribution in [0.1, 0.15) is 20.7 Å². The first-order valence-corrected chi connectivity index (χ1v) is 6.47. The Hall–Kier alpha value is -2.66. The van der Waals surface area contributed by atoms with Crippen LogP contribution in [0, 0.1) is 0 Å². The number of rotatable bonds is 5. The van der Waals surface area contributed by atoms with Crippen LogP contribution in [0.3, 0.4) is 0 Å². The minimum atomic E-state index is -0.319. The number of halogens is 1. The maximum absolute atomic E-state index is 11.8. The highest BCUT2D eigenvalue weighted by atomic mass is 35.5. The summed E-state index contributed by atoms with van der Waals surface area (Å²) >= 11 is 5.74. The van der Waals surface area contributed by atoms with Crippen LogP contribution >= 0.6 is 11.6 Å². The fourth-order valence-electron chi connectivity index (χ4n) is 1.51. The van der Waals surface area contributed by atoms with Gasteiger partial charge in [0.25, 0.3) is 5.91 Å². The third-order valence-corrected chi connectivity index (χ3v) is 2.83. The van der Waals surface area contributed by atoms with Crippen molar-refractivity contribution in [3.8, 4) is 0 Å². The molecule has 1 amide bonds. The number of benzene rings is 1. The Balaban J connectivity index is 1.84. The summed E-state index contributed by atoms with van der Waals surface area (Å²) in [7, 11) is 0. The average molecular weight is 302 g/mol. The van der Waals surface area contributed by atoms with E-state index in [4.69, 9.17) is 11.6 Å². The van der Waals surface area contributed by atoms with E-state index in [0.717, 1.165) is 0 Å². The Labute approximate surface area is 126 Å². The molecule has 0 saturated heterocycles. The van der Waals surface area contributed by atoms with Crippen LogP contribution in [0.25, 0.3) is 0 Å². The molecule has 106 valence electrons. The number of ketones is 1. The fourth-order valence-corrected chi connectivity index (χ4v) is 1.64. The molecule has 0 spiro atoms. The first-order valence-electron chi connectivity index (χ1n) is 6.09. The first kappa shape index (κ1) is 14.7. The molecule has 21 heavy (non-hydrogen) atoms. The minimum Gasteiger partial charge on any atom is -0.305 e. The van der Waals surface area contributed by atoms with Crippen LogP contribution in [-0.2, 0) is 0 Å². The van der Waals surface area contributed by atoms with Gasteiger partial charge in [0.2, 0.25) is 0 Å². The number of nitrogens with zero attached hydrogens (tertiary/aromatic N) is 1. The van der Waals surface area contributed by atoms with Crippen molar-refractivity contribution >= 4 is 23.3 Å². The maximum Gasteiger partial charge on any atom is 0.269 e. The summed E-state index contributed by atoms with van der Waals surface area (Å²) in [5.74, 6) is -0.515. The quantitative estimate of drug-likeness (QED) is 0.505. The number of aromatic nitrogens is 1. The summed E-state index contributed by atoms with van der Waals surface area (Å²) in [5, 5.41) is 0.568. The molecule has 0 bridgehead atoms. The van der Waals surface area contributed by atoms with Crippen molar-refractivity contribution in [2.24, 2.45) is 0 Å². The molecule has 5 nitrogen and oxygen atoms in total. The second-order valence-electron chi connectivity index (χ2n) is 4.04. The highest BCUT2D eigenvalue weighted by Gasteiger charge is 2.03. The van der Waals surface area contributed by atoms with Gasteiger partial charge in [0.15, 0.2) is 5.78 Å². The summed E-state index contributed by atoms with van der Waals surface area (Å²) in [6.07, 6.45) is 5.72. The van der Waals surface area contributed by atoms with Crippen LogP contribution < -0.4 is 10.9 Å². The Bertz CT molecular complexity index is 654. The largest absolute Gasteiger partial charge is 0.305 e. The van der Waals surface area contributed by atoms with E-state index < -0.39 is 0 Å². The molecule has 0 saturated carbocycles. The van der Waals surface area contributed by atoms with Crippen molar-refractivity contribution in [1.29, 1.82) is 0 Å². The molecule has 2 N–H and O–H groups in total. The second kappa shape index (κ2) is 7.21. The molecule has 2 rings (SSSR count). The number of amides is 1. The SMILES string of the molecule is O=C(C=CNNC(=O)c1ccncc1)c1ccc(Cl)cc1. The molecule has 1 aromatic carbocycles. The molecule has 0 fully saturated rings. The molecular formula is C15H12ClN3O2. The molecule has 0 aliphatic carbocycles. The number of carbonyl (C=O) groups excluding carboxylic acids is 2. The van der Waals surface area contributed by atoms with E-state index in [1.165, 1.54) is 24.7 Å². The van der Waals surface area contributed by atoms with Gasteiger partial charge in [-0.05, 0) is 36.4 Å². The van der Waals surface area contributed by atoms with Crippen LogP contribution in [0.4, 0.5) is 0 Å². The van der Waals surface area contributed by atoms with E-state index in [2.05, 4.69) is 15.8 Å². The topological polar surface area (TPSA) is 71.1 Å². The molecule has 0 unspecified atom stereocenters. The zero-order valence-electron chi connectivity index (χ0n) is 10.9. The lowest BCUT2D eigenvalue weighted by Gasteiger charge is -2.03. The van der Waals surface area contributed by atoms with Gasteiger partial charge in [0, 0.05) is 40.8 Å². The van der Waals surface area contributed by atoms with Gasteiger partial charge < -0.3 is 5.43 Å². The van der Waals surface area contributed by atoms with Crippen molar-refractivity contribution in [3.63, 3.8) is 0 Å². The van der Waals surface area contributed by atoms with Crippen molar-refractivity contribution in [2.75, 3.05) is 0 Å². The van der Waals surface area contributed by atoms with Gasteiger partial charge in [0.1, 0.15) is 0 Å². The molecule has 0 radical (unpaired) electrons. The molecule has 2 aromatic rings. The van der Waals surface area contributed by atoms with Gasteiger partial charge in [-0.3, -0.25) is 20.0 Å². The lowest BCUT2D eigenvalue weighted by molar-refractivity contribution is 0.0939. The van der Waals surface area contributed by atoms with Crippen molar-refractivity contribution in [3.05, 3.63) is 77.2 Å². The molecule has 6 heteroatoms. The zero-order valence-corrected chi connectivity index (χ0v) is 11.7. The van der Waals surface area contributed by atoms with Crippen LogP contribution in [0.5, 0.6) is 0 Å². The van der Waals surface area contributed by atoms with Gasteiger partial charge in [-0.25, -0.2) is 0 Å². The summed E-state index contributed by atoms with van der Waals surface area (Å²) in [6, 6.07) is 9.71. The van der Waals surface area contributed by atoms with Gasteiger partial charge in [0.05, 0.1) is 0 Å². The van der Waals surface area contributed by atoms with E-state index in [1.807, 2.05) is 0 Å². The molecule has 1 aromatic heterocycles. The molecule has 0 atom stereocenters. The van der Waals surface area contributed by atoms with E-state index in [1.54, 1.807) is 36.4 Å². The van der Waals surface area contributed by atoms with Crippen molar-refractivity contribution in [1.82, 2.24) is 15.8 Å². The first-order chi connectivity index (χ1) is 10.2. The Morgan fingerprint density at radius 3 is 2.33 bits per heavy atom. The van der Waals surface area contributed by atoms with Crippen molar-refractivity contribution in [2.45, 2.75) is 0 Å². The number of hydrogen-bond donors (Lipinski definition) is 2. The van der Waals surface area contributed by atoms with E-state index in [0.29, 0.717) is 16.1 Å². The Kier molecular flexibility index (Phi) is 5.06.